The first-order valence-corrected chi connectivity index (χ1v) is 10.2. The molecule has 1 aromatic carbocycles. The molecule has 2 aromatic heterocycles. The third-order valence-electron chi connectivity index (χ3n) is 3.99. The first-order valence-electron chi connectivity index (χ1n) is 9.48. The highest BCUT2D eigenvalue weighted by atomic mass is 35.5. The van der Waals surface area contributed by atoms with Gasteiger partial charge in [-0.2, -0.15) is 10.2 Å². The molecule has 3 rings (SSSR count). The molecule has 0 fully saturated rings. The average molecular weight is 466 g/mol. The smallest absolute Gasteiger partial charge is 0.361 e. The summed E-state index contributed by atoms with van der Waals surface area (Å²) >= 11 is 11.9. The number of anilines is 1. The molecule has 0 saturated heterocycles. The normalized spacial score (nSPS) is 10.9. The van der Waals surface area contributed by atoms with Gasteiger partial charge in [0.25, 0.3) is 5.91 Å². The van der Waals surface area contributed by atoms with Crippen molar-refractivity contribution in [2.24, 2.45) is 0 Å². The van der Waals surface area contributed by atoms with Crippen molar-refractivity contribution in [2.75, 3.05) is 5.32 Å². The van der Waals surface area contributed by atoms with Gasteiger partial charge >= 0.3 is 5.97 Å². The summed E-state index contributed by atoms with van der Waals surface area (Å²) in [5.41, 5.74) is 0.415. The SMILES string of the molecule is CCn1cc(NC(=O)c2ccn(COc3ccc(Cl)cc3Cl)n2)c(C(=O)OC(C)C)n1. The number of benzene rings is 1. The molecule has 0 atom stereocenters. The lowest BCUT2D eigenvalue weighted by atomic mass is 10.3. The van der Waals surface area contributed by atoms with Crippen molar-refractivity contribution in [1.29, 1.82) is 0 Å². The maximum atomic E-state index is 12.6. The average Bonchev–Trinajstić information content (AvgIpc) is 3.34. The highest BCUT2D eigenvalue weighted by Gasteiger charge is 2.22. The number of hydrogen-bond donors (Lipinski definition) is 1. The van der Waals surface area contributed by atoms with E-state index in [9.17, 15) is 9.59 Å². The van der Waals surface area contributed by atoms with Crippen LogP contribution in [0.3, 0.4) is 0 Å². The first kappa shape index (κ1) is 22.6. The second-order valence-electron chi connectivity index (χ2n) is 6.74. The van der Waals surface area contributed by atoms with Crippen molar-refractivity contribution in [2.45, 2.75) is 40.2 Å². The van der Waals surface area contributed by atoms with Crippen LogP contribution in [0.25, 0.3) is 0 Å². The van der Waals surface area contributed by atoms with E-state index in [1.807, 2.05) is 6.92 Å². The van der Waals surface area contributed by atoms with Gasteiger partial charge in [-0.1, -0.05) is 23.2 Å². The van der Waals surface area contributed by atoms with Crippen molar-refractivity contribution in [1.82, 2.24) is 19.6 Å². The number of amides is 1. The summed E-state index contributed by atoms with van der Waals surface area (Å²) in [5, 5.41) is 11.9. The molecular weight excluding hydrogens is 445 g/mol. The van der Waals surface area contributed by atoms with Gasteiger partial charge in [-0.25, -0.2) is 9.48 Å². The first-order chi connectivity index (χ1) is 14.8. The van der Waals surface area contributed by atoms with Crippen LogP contribution in [0.2, 0.25) is 10.0 Å². The van der Waals surface area contributed by atoms with Crippen LogP contribution in [0.4, 0.5) is 5.69 Å². The second-order valence-corrected chi connectivity index (χ2v) is 7.59. The highest BCUT2D eigenvalue weighted by molar-refractivity contribution is 6.35. The lowest BCUT2D eigenvalue weighted by molar-refractivity contribution is 0.0371. The molecule has 9 nitrogen and oxygen atoms in total. The zero-order valence-electron chi connectivity index (χ0n) is 17.1. The van der Waals surface area contributed by atoms with Gasteiger partial charge in [-0.05, 0) is 45.0 Å². The summed E-state index contributed by atoms with van der Waals surface area (Å²) in [5.74, 6) is -0.679. The van der Waals surface area contributed by atoms with Crippen LogP contribution in [-0.2, 0) is 18.0 Å². The maximum Gasteiger partial charge on any atom is 0.361 e. The topological polar surface area (TPSA) is 100 Å². The number of rotatable bonds is 8. The largest absolute Gasteiger partial charge is 0.470 e. The van der Waals surface area contributed by atoms with Crippen LogP contribution < -0.4 is 10.1 Å². The van der Waals surface area contributed by atoms with Crippen LogP contribution >= 0.6 is 23.2 Å². The number of nitrogens with one attached hydrogen (secondary N) is 1. The predicted molar refractivity (Wildman–Crippen MR) is 116 cm³/mol. The molecular formula is C20H21Cl2N5O4. The minimum atomic E-state index is -0.615. The van der Waals surface area contributed by atoms with E-state index in [1.165, 1.54) is 15.4 Å². The fourth-order valence-corrected chi connectivity index (χ4v) is 3.03. The Bertz CT molecular complexity index is 1090. The van der Waals surface area contributed by atoms with Crippen molar-refractivity contribution in [3.05, 3.63) is 58.1 Å². The number of aromatic nitrogens is 4. The Morgan fingerprint density at radius 2 is 1.94 bits per heavy atom. The van der Waals surface area contributed by atoms with Gasteiger partial charge in [0.15, 0.2) is 18.1 Å². The molecule has 11 heteroatoms. The molecule has 31 heavy (non-hydrogen) atoms. The third-order valence-corrected chi connectivity index (χ3v) is 4.52. The number of carbonyl (C=O) groups excluding carboxylic acids is 2. The number of carbonyl (C=O) groups is 2. The number of halogens is 2. The summed E-state index contributed by atoms with van der Waals surface area (Å²) < 4.78 is 13.8. The molecule has 3 aromatic rings. The van der Waals surface area contributed by atoms with Crippen molar-refractivity contribution in [3.8, 4) is 5.75 Å². The lowest BCUT2D eigenvalue weighted by Gasteiger charge is -2.08. The van der Waals surface area contributed by atoms with E-state index < -0.39 is 11.9 Å². The summed E-state index contributed by atoms with van der Waals surface area (Å²) in [6.45, 7) is 5.90. The minimum Gasteiger partial charge on any atom is -0.470 e. The van der Waals surface area contributed by atoms with Crippen LogP contribution in [0, 0.1) is 0 Å². The van der Waals surface area contributed by atoms with Crippen LogP contribution in [0.15, 0.2) is 36.7 Å². The van der Waals surface area contributed by atoms with E-state index in [0.29, 0.717) is 22.3 Å². The Labute approximate surface area is 188 Å². The zero-order valence-corrected chi connectivity index (χ0v) is 18.6. The second kappa shape index (κ2) is 9.84. The van der Waals surface area contributed by atoms with E-state index in [4.69, 9.17) is 32.7 Å². The maximum absolute atomic E-state index is 12.6. The van der Waals surface area contributed by atoms with E-state index in [-0.39, 0.29) is 29.9 Å². The minimum absolute atomic E-state index is 0.0315. The molecule has 0 bridgehead atoms. The van der Waals surface area contributed by atoms with Crippen molar-refractivity contribution < 1.29 is 19.1 Å². The quantitative estimate of drug-likeness (QED) is 0.498. The molecule has 0 spiro atoms. The molecule has 0 aliphatic rings. The predicted octanol–water partition coefficient (Wildman–Crippen LogP) is 4.26. The van der Waals surface area contributed by atoms with Crippen molar-refractivity contribution in [3.63, 3.8) is 0 Å². The van der Waals surface area contributed by atoms with E-state index in [0.717, 1.165) is 0 Å². The third kappa shape index (κ3) is 5.77. The standard InChI is InChI=1S/C20H21Cl2N5O4/c1-4-26-10-16(18(25-26)20(29)31-12(2)3)23-19(28)15-7-8-27(24-15)11-30-17-6-5-13(21)9-14(17)22/h5-10,12H,4,11H2,1-3H3,(H,23,28). The molecule has 1 amide bonds. The van der Waals surface area contributed by atoms with E-state index in [2.05, 4.69) is 15.5 Å². The zero-order chi connectivity index (χ0) is 22.5. The van der Waals surface area contributed by atoms with Crippen LogP contribution in [0.5, 0.6) is 5.75 Å². The molecule has 164 valence electrons. The molecule has 0 radical (unpaired) electrons. The Morgan fingerprint density at radius 1 is 1.16 bits per heavy atom. The molecule has 0 aliphatic carbocycles. The van der Waals surface area contributed by atoms with Gasteiger partial charge in [-0.15, -0.1) is 0 Å². The van der Waals surface area contributed by atoms with Crippen LogP contribution in [-0.4, -0.2) is 37.5 Å². The van der Waals surface area contributed by atoms with E-state index in [1.54, 1.807) is 44.4 Å². The molecule has 0 aliphatic heterocycles. The van der Waals surface area contributed by atoms with Gasteiger partial charge in [0, 0.05) is 24.0 Å². The van der Waals surface area contributed by atoms with Crippen molar-refractivity contribution >= 4 is 40.8 Å². The Kier molecular flexibility index (Phi) is 7.19. The van der Waals surface area contributed by atoms with Gasteiger partial charge < -0.3 is 14.8 Å². The fourth-order valence-electron chi connectivity index (χ4n) is 2.56. The summed E-state index contributed by atoms with van der Waals surface area (Å²) in [4.78, 5) is 24.9. The number of aryl methyl sites for hydroxylation is 1. The molecule has 0 unspecified atom stereocenters. The Morgan fingerprint density at radius 3 is 2.61 bits per heavy atom. The molecule has 2 heterocycles. The lowest BCUT2D eigenvalue weighted by Crippen LogP contribution is -2.18. The van der Waals surface area contributed by atoms with Gasteiger partial charge in [-0.3, -0.25) is 9.48 Å². The van der Waals surface area contributed by atoms with Gasteiger partial charge in [0.1, 0.15) is 5.75 Å². The summed E-state index contributed by atoms with van der Waals surface area (Å²) in [7, 11) is 0. The molecule has 0 saturated carbocycles. The molecule has 1 N–H and O–H groups in total. The summed E-state index contributed by atoms with van der Waals surface area (Å²) in [6.07, 6.45) is 2.84. The number of nitrogens with zero attached hydrogens (tertiary/aromatic N) is 4. The number of ether oxygens (including phenoxy) is 2. The number of hydrogen-bond acceptors (Lipinski definition) is 6. The van der Waals surface area contributed by atoms with E-state index >= 15 is 0 Å². The summed E-state index contributed by atoms with van der Waals surface area (Å²) in [6, 6.07) is 6.39. The monoisotopic (exact) mass is 465 g/mol. The Balaban J connectivity index is 1.68. The highest BCUT2D eigenvalue weighted by Crippen LogP contribution is 2.27. The number of esters is 1. The van der Waals surface area contributed by atoms with Gasteiger partial charge in [0.2, 0.25) is 0 Å². The van der Waals surface area contributed by atoms with Gasteiger partial charge in [0.05, 0.1) is 16.8 Å². The fraction of sp³-hybridized carbons (Fsp3) is 0.300. The Hall–Kier alpha value is -3.04. The van der Waals surface area contributed by atoms with Crippen LogP contribution in [0.1, 0.15) is 41.7 Å².